The van der Waals surface area contributed by atoms with E-state index >= 15 is 0 Å². The minimum absolute atomic E-state index is 0.590. The third kappa shape index (κ3) is 3.27. The van der Waals surface area contributed by atoms with E-state index in [9.17, 15) is 0 Å². The third-order valence-corrected chi connectivity index (χ3v) is 1.71. The molecule has 0 radical (unpaired) electrons. The number of nitrogens with two attached hydrogens (primary N) is 1. The van der Waals surface area contributed by atoms with Crippen LogP contribution in [-0.4, -0.2) is 9.97 Å². The molecule has 84 valence electrons. The van der Waals surface area contributed by atoms with Gasteiger partial charge in [0.15, 0.2) is 0 Å². The Kier molecular flexibility index (Phi) is 6.18. The van der Waals surface area contributed by atoms with Gasteiger partial charge in [0, 0.05) is 17.3 Å². The first-order valence-electron chi connectivity index (χ1n) is 5.47. The molecule has 0 aromatic carbocycles. The number of nitrogens with one attached hydrogen (secondary N) is 1. The summed E-state index contributed by atoms with van der Waals surface area (Å²) in [5.41, 5.74) is 7.80. The predicted octanol–water partition coefficient (Wildman–Crippen LogP) is 3.51. The fraction of sp³-hybridized carbons (Fsp3) is 0.417. The van der Waals surface area contributed by atoms with Gasteiger partial charge < -0.3 is 10.7 Å². The zero-order valence-corrected chi connectivity index (χ0v) is 10.3. The number of aromatic nitrogens is 2. The Labute approximate surface area is 91.7 Å². The van der Waals surface area contributed by atoms with Crippen LogP contribution in [0.15, 0.2) is 18.3 Å². The molecular formula is C12H21N3. The second-order valence-electron chi connectivity index (χ2n) is 2.61. The van der Waals surface area contributed by atoms with Crippen molar-refractivity contribution in [2.75, 3.05) is 5.73 Å². The molecule has 2 aromatic rings. The van der Waals surface area contributed by atoms with Crippen molar-refractivity contribution >= 4 is 16.7 Å². The molecule has 3 heteroatoms. The van der Waals surface area contributed by atoms with Crippen LogP contribution in [-0.2, 0) is 0 Å². The lowest BCUT2D eigenvalue weighted by atomic mass is 10.3. The Hall–Kier alpha value is -1.51. The molecule has 0 fully saturated rings. The first kappa shape index (κ1) is 13.5. The molecule has 0 aliphatic heterocycles. The van der Waals surface area contributed by atoms with Crippen molar-refractivity contribution in [2.24, 2.45) is 0 Å². The summed E-state index contributed by atoms with van der Waals surface area (Å²) in [6.45, 7) is 10.00. The zero-order chi connectivity index (χ0) is 11.8. The molecule has 3 nitrogen and oxygen atoms in total. The molecule has 2 rings (SSSR count). The van der Waals surface area contributed by atoms with E-state index < -0.39 is 0 Å². The third-order valence-electron chi connectivity index (χ3n) is 1.71. The van der Waals surface area contributed by atoms with Gasteiger partial charge in [-0.1, -0.05) is 27.7 Å². The van der Waals surface area contributed by atoms with Crippen molar-refractivity contribution in [1.82, 2.24) is 9.97 Å². The lowest BCUT2D eigenvalue weighted by Crippen LogP contribution is -1.88. The van der Waals surface area contributed by atoms with E-state index in [2.05, 4.69) is 9.97 Å². The molecule has 0 saturated heterocycles. The van der Waals surface area contributed by atoms with Crippen LogP contribution in [0.1, 0.15) is 33.4 Å². The Morgan fingerprint density at radius 3 is 2.33 bits per heavy atom. The molecule has 0 atom stereocenters. The standard InChI is InChI=1S/C8H9N3.2C2H6/c1-5-4-6-7(11-5)2-3-10-8(6)9;2*1-2/h2-4,11H,1H3,(H2,9,10);2*1-2H3. The summed E-state index contributed by atoms with van der Waals surface area (Å²) in [5.74, 6) is 0.590. The molecule has 2 heterocycles. The zero-order valence-electron chi connectivity index (χ0n) is 10.3. The van der Waals surface area contributed by atoms with Crippen molar-refractivity contribution in [2.45, 2.75) is 34.6 Å². The van der Waals surface area contributed by atoms with Crippen molar-refractivity contribution in [1.29, 1.82) is 0 Å². The topological polar surface area (TPSA) is 54.7 Å². The van der Waals surface area contributed by atoms with Crippen molar-refractivity contribution in [3.8, 4) is 0 Å². The van der Waals surface area contributed by atoms with Gasteiger partial charge in [-0.25, -0.2) is 4.98 Å². The largest absolute Gasteiger partial charge is 0.383 e. The highest BCUT2D eigenvalue weighted by Crippen LogP contribution is 2.18. The quantitative estimate of drug-likeness (QED) is 0.694. The van der Waals surface area contributed by atoms with E-state index in [1.54, 1.807) is 6.20 Å². The van der Waals surface area contributed by atoms with E-state index in [0.717, 1.165) is 16.6 Å². The van der Waals surface area contributed by atoms with Crippen LogP contribution in [0.4, 0.5) is 5.82 Å². The van der Waals surface area contributed by atoms with Crippen molar-refractivity contribution in [3.63, 3.8) is 0 Å². The van der Waals surface area contributed by atoms with Gasteiger partial charge in [0.25, 0.3) is 0 Å². The first-order chi connectivity index (χ1) is 7.27. The molecule has 0 bridgehead atoms. The number of aryl methyl sites for hydroxylation is 1. The minimum Gasteiger partial charge on any atom is -0.383 e. The molecule has 3 N–H and O–H groups in total. The summed E-state index contributed by atoms with van der Waals surface area (Å²) in [6, 6.07) is 3.91. The van der Waals surface area contributed by atoms with E-state index in [-0.39, 0.29) is 0 Å². The highest BCUT2D eigenvalue weighted by molar-refractivity contribution is 5.89. The van der Waals surface area contributed by atoms with Crippen LogP contribution < -0.4 is 5.73 Å². The van der Waals surface area contributed by atoms with Gasteiger partial charge in [-0.05, 0) is 19.1 Å². The fourth-order valence-electron chi connectivity index (χ4n) is 1.22. The second kappa shape index (κ2) is 6.87. The molecule has 0 amide bonds. The van der Waals surface area contributed by atoms with E-state index in [1.807, 2.05) is 46.8 Å². The maximum atomic E-state index is 5.64. The molecular weight excluding hydrogens is 186 g/mol. The maximum Gasteiger partial charge on any atom is 0.132 e. The van der Waals surface area contributed by atoms with E-state index in [1.165, 1.54) is 0 Å². The molecule has 0 unspecified atom stereocenters. The number of aromatic amines is 1. The SMILES string of the molecule is CC.CC.Cc1cc2c(N)nccc2[nH]1. The summed E-state index contributed by atoms with van der Waals surface area (Å²) in [7, 11) is 0. The summed E-state index contributed by atoms with van der Waals surface area (Å²) in [6.07, 6.45) is 1.70. The monoisotopic (exact) mass is 207 g/mol. The fourth-order valence-corrected chi connectivity index (χ4v) is 1.22. The molecule has 15 heavy (non-hydrogen) atoms. The normalized spacial score (nSPS) is 8.60. The summed E-state index contributed by atoms with van der Waals surface area (Å²) in [5, 5.41) is 1.00. The molecule has 0 spiro atoms. The lowest BCUT2D eigenvalue weighted by molar-refractivity contribution is 1.29. The number of fused-ring (bicyclic) bond motifs is 1. The van der Waals surface area contributed by atoms with Crippen molar-refractivity contribution in [3.05, 3.63) is 24.0 Å². The van der Waals surface area contributed by atoms with Crippen LogP contribution >= 0.6 is 0 Å². The van der Waals surface area contributed by atoms with E-state index in [0.29, 0.717) is 5.82 Å². The van der Waals surface area contributed by atoms with Crippen LogP contribution in [0.3, 0.4) is 0 Å². The van der Waals surface area contributed by atoms with Gasteiger partial charge >= 0.3 is 0 Å². The van der Waals surface area contributed by atoms with Gasteiger partial charge in [0.1, 0.15) is 5.82 Å². The second-order valence-corrected chi connectivity index (χ2v) is 2.61. The number of hydrogen-bond donors (Lipinski definition) is 2. The Morgan fingerprint density at radius 1 is 1.20 bits per heavy atom. The van der Waals surface area contributed by atoms with Gasteiger partial charge in [-0.3, -0.25) is 0 Å². The summed E-state index contributed by atoms with van der Waals surface area (Å²) < 4.78 is 0. The highest BCUT2D eigenvalue weighted by atomic mass is 14.8. The number of nitrogens with zero attached hydrogens (tertiary/aromatic N) is 1. The number of H-pyrrole nitrogens is 1. The number of pyridine rings is 1. The smallest absolute Gasteiger partial charge is 0.132 e. The average molecular weight is 207 g/mol. The number of hydrogen-bond acceptors (Lipinski definition) is 2. The van der Waals surface area contributed by atoms with Gasteiger partial charge in [-0.2, -0.15) is 0 Å². The van der Waals surface area contributed by atoms with Crippen LogP contribution in [0, 0.1) is 6.92 Å². The van der Waals surface area contributed by atoms with Gasteiger partial charge in [-0.15, -0.1) is 0 Å². The number of anilines is 1. The van der Waals surface area contributed by atoms with Gasteiger partial charge in [0.2, 0.25) is 0 Å². The maximum absolute atomic E-state index is 5.64. The first-order valence-corrected chi connectivity index (χ1v) is 5.47. The van der Waals surface area contributed by atoms with Crippen LogP contribution in [0.25, 0.3) is 10.9 Å². The Bertz CT molecular complexity index is 391. The van der Waals surface area contributed by atoms with Crippen LogP contribution in [0.2, 0.25) is 0 Å². The Balaban J connectivity index is 0.000000442. The highest BCUT2D eigenvalue weighted by Gasteiger charge is 1.99. The Morgan fingerprint density at radius 2 is 1.80 bits per heavy atom. The summed E-state index contributed by atoms with van der Waals surface area (Å²) in [4.78, 5) is 7.16. The van der Waals surface area contributed by atoms with Crippen molar-refractivity contribution < 1.29 is 0 Å². The number of nitrogen functional groups attached to an aromatic ring is 1. The molecule has 0 aliphatic carbocycles. The van der Waals surface area contributed by atoms with E-state index in [4.69, 9.17) is 5.73 Å². The molecule has 0 aliphatic rings. The van der Waals surface area contributed by atoms with Crippen LogP contribution in [0.5, 0.6) is 0 Å². The number of rotatable bonds is 0. The van der Waals surface area contributed by atoms with Gasteiger partial charge in [0.05, 0.1) is 5.52 Å². The minimum atomic E-state index is 0.590. The average Bonchev–Trinajstić information content (AvgIpc) is 2.66. The lowest BCUT2D eigenvalue weighted by Gasteiger charge is -1.91. The predicted molar refractivity (Wildman–Crippen MR) is 67.9 cm³/mol. The molecule has 2 aromatic heterocycles. The molecule has 0 saturated carbocycles. The summed E-state index contributed by atoms with van der Waals surface area (Å²) >= 11 is 0.